The zero-order chi connectivity index (χ0) is 15.8. The highest BCUT2D eigenvalue weighted by Crippen LogP contribution is 2.99. The fourth-order valence-corrected chi connectivity index (χ4v) is 3.49. The second-order valence-electron chi connectivity index (χ2n) is 5.02. The molecule has 2 rings (SSSR count). The molecule has 0 amide bonds. The molecule has 0 unspecified atom stereocenters. The lowest BCUT2D eigenvalue weighted by Crippen LogP contribution is -2.39. The smallest absolute Gasteiger partial charge is 0.364 e. The maximum Gasteiger partial charge on any atom is 0.364 e. The number of benzene rings is 1. The van der Waals surface area contributed by atoms with Gasteiger partial charge in [0.15, 0.2) is 0 Å². The summed E-state index contributed by atoms with van der Waals surface area (Å²) in [5, 5.41) is 0. The van der Waals surface area contributed by atoms with Crippen LogP contribution in [0.3, 0.4) is 0 Å². The van der Waals surface area contributed by atoms with Crippen LogP contribution < -0.4 is 4.31 Å². The van der Waals surface area contributed by atoms with Crippen LogP contribution in [0.5, 0.6) is 0 Å². The third kappa shape index (κ3) is 4.72. The average molecular weight is 396 g/mol. The van der Waals surface area contributed by atoms with Crippen LogP contribution in [0.4, 0.5) is 25.1 Å². The summed E-state index contributed by atoms with van der Waals surface area (Å²) in [6.45, 7) is -0.138. The monoisotopic (exact) mass is 395 g/mol. The Bertz CT molecular complexity index is 500. The van der Waals surface area contributed by atoms with Crippen molar-refractivity contribution in [3.05, 3.63) is 28.7 Å². The molecule has 1 aromatic carbocycles. The largest absolute Gasteiger partial charge is 0.381 e. The summed E-state index contributed by atoms with van der Waals surface area (Å²) in [4.78, 5) is 0. The van der Waals surface area contributed by atoms with Crippen molar-refractivity contribution in [3.63, 3.8) is 0 Å². The summed E-state index contributed by atoms with van der Waals surface area (Å²) in [5.74, 6) is -0.467. The maximum atomic E-state index is 13.3. The van der Waals surface area contributed by atoms with Crippen molar-refractivity contribution in [3.8, 4) is 0 Å². The summed E-state index contributed by atoms with van der Waals surface area (Å²) in [5.41, 5.74) is -0.538. The minimum atomic E-state index is -9.77. The van der Waals surface area contributed by atoms with Crippen molar-refractivity contribution in [2.24, 2.45) is 5.92 Å². The first-order valence-corrected chi connectivity index (χ1v) is 9.01. The number of nitrogens with zero attached hydrogens (tertiary/aromatic N) is 1. The summed E-state index contributed by atoms with van der Waals surface area (Å²) in [6.07, 6.45) is 0.696. The standard InChI is InChI=1S/C12H15BrF5NOS/c13-11-1-3-12(4-2-11)19(21(14,15,16,17)18)9-10-5-7-20-8-6-10/h1-4,10H,5-9H2. The van der Waals surface area contributed by atoms with Gasteiger partial charge in [-0.05, 0) is 43.0 Å². The molecule has 0 radical (unpaired) electrons. The lowest BCUT2D eigenvalue weighted by atomic mass is 10.0. The third-order valence-electron chi connectivity index (χ3n) is 3.30. The molecule has 122 valence electrons. The van der Waals surface area contributed by atoms with Crippen molar-refractivity contribution >= 4 is 32.0 Å². The Morgan fingerprint density at radius 1 is 1.05 bits per heavy atom. The topological polar surface area (TPSA) is 12.5 Å². The lowest BCUT2D eigenvalue weighted by Gasteiger charge is -2.51. The van der Waals surface area contributed by atoms with Gasteiger partial charge in [0.25, 0.3) is 0 Å². The number of rotatable bonds is 4. The number of ether oxygens (including phenoxy) is 1. The van der Waals surface area contributed by atoms with E-state index in [-0.39, 0.29) is 0 Å². The van der Waals surface area contributed by atoms with Crippen LogP contribution in [0, 0.1) is 5.92 Å². The first-order chi connectivity index (χ1) is 9.45. The second-order valence-corrected chi connectivity index (χ2v) is 8.23. The van der Waals surface area contributed by atoms with E-state index in [1.165, 1.54) is 12.1 Å². The van der Waals surface area contributed by atoms with Crippen LogP contribution in [0.2, 0.25) is 0 Å². The van der Waals surface area contributed by atoms with Crippen LogP contribution in [0.1, 0.15) is 12.8 Å². The van der Waals surface area contributed by atoms with Crippen molar-refractivity contribution in [2.45, 2.75) is 12.8 Å². The van der Waals surface area contributed by atoms with E-state index in [9.17, 15) is 19.4 Å². The van der Waals surface area contributed by atoms with Gasteiger partial charge in [-0.3, -0.25) is 0 Å². The van der Waals surface area contributed by atoms with Gasteiger partial charge in [-0.15, -0.1) is 0 Å². The number of anilines is 1. The average Bonchev–Trinajstić information content (AvgIpc) is 2.36. The first-order valence-electron chi connectivity index (χ1n) is 6.31. The van der Waals surface area contributed by atoms with Crippen LogP contribution >= 0.6 is 26.3 Å². The maximum absolute atomic E-state index is 13.3. The van der Waals surface area contributed by atoms with E-state index in [1.54, 1.807) is 0 Å². The SMILES string of the molecule is FS(F)(F)(F)(F)N(CC1CCOCC1)c1ccc(Br)cc1. The minimum Gasteiger partial charge on any atom is -0.381 e. The molecule has 0 atom stereocenters. The molecule has 0 aromatic heterocycles. The Morgan fingerprint density at radius 3 is 2.05 bits per heavy atom. The molecule has 0 saturated carbocycles. The Morgan fingerprint density at radius 2 is 1.57 bits per heavy atom. The van der Waals surface area contributed by atoms with Gasteiger partial charge in [0, 0.05) is 24.2 Å². The van der Waals surface area contributed by atoms with Crippen molar-refractivity contribution in [2.75, 3.05) is 24.1 Å². The fraction of sp³-hybridized carbons (Fsp3) is 0.500. The van der Waals surface area contributed by atoms with E-state index in [0.29, 0.717) is 30.5 Å². The van der Waals surface area contributed by atoms with E-state index in [1.807, 2.05) is 0 Å². The molecule has 1 aliphatic rings. The highest BCUT2D eigenvalue weighted by molar-refractivity contribution is 9.10. The molecule has 21 heavy (non-hydrogen) atoms. The molecule has 1 aliphatic heterocycles. The molecular weight excluding hydrogens is 381 g/mol. The van der Waals surface area contributed by atoms with E-state index in [0.717, 1.165) is 12.1 Å². The van der Waals surface area contributed by atoms with Crippen LogP contribution in [-0.2, 0) is 4.74 Å². The molecule has 9 heteroatoms. The Labute approximate surface area is 128 Å². The van der Waals surface area contributed by atoms with E-state index >= 15 is 0 Å². The van der Waals surface area contributed by atoms with Crippen molar-refractivity contribution in [1.82, 2.24) is 0 Å². The van der Waals surface area contributed by atoms with Gasteiger partial charge in [0.1, 0.15) is 0 Å². The lowest BCUT2D eigenvalue weighted by molar-refractivity contribution is 0.0685. The summed E-state index contributed by atoms with van der Waals surface area (Å²) < 4.78 is 71.5. The number of hydrogen-bond acceptors (Lipinski definition) is 2. The zero-order valence-corrected chi connectivity index (χ0v) is 13.4. The molecule has 0 bridgehead atoms. The number of hydrogen-bond donors (Lipinski definition) is 0. The summed E-state index contributed by atoms with van der Waals surface area (Å²) >= 11 is 3.08. The van der Waals surface area contributed by atoms with Gasteiger partial charge < -0.3 is 4.74 Å². The molecule has 1 heterocycles. The quantitative estimate of drug-likeness (QED) is 0.588. The fourth-order valence-electron chi connectivity index (χ4n) is 2.22. The molecule has 1 aromatic rings. The van der Waals surface area contributed by atoms with Gasteiger partial charge in [0.05, 0.1) is 5.69 Å². The van der Waals surface area contributed by atoms with E-state index in [4.69, 9.17) is 4.74 Å². The number of halogens is 6. The zero-order valence-electron chi connectivity index (χ0n) is 11.0. The predicted octanol–water partition coefficient (Wildman–Crippen LogP) is 5.90. The van der Waals surface area contributed by atoms with Crippen molar-refractivity contribution in [1.29, 1.82) is 0 Å². The summed E-state index contributed by atoms with van der Waals surface area (Å²) in [6, 6.07) is 4.72. The van der Waals surface area contributed by atoms with Gasteiger partial charge in [-0.2, -0.15) is 0 Å². The van der Waals surface area contributed by atoms with Crippen LogP contribution in [0.25, 0.3) is 0 Å². The Balaban J connectivity index is 2.33. The van der Waals surface area contributed by atoms with Gasteiger partial charge in [0.2, 0.25) is 0 Å². The van der Waals surface area contributed by atoms with Crippen LogP contribution in [0.15, 0.2) is 28.7 Å². The minimum absolute atomic E-state index is 0.305. The summed E-state index contributed by atoms with van der Waals surface area (Å²) in [7, 11) is -9.77. The van der Waals surface area contributed by atoms with Crippen LogP contribution in [-0.4, -0.2) is 19.8 Å². The molecule has 1 fully saturated rings. The third-order valence-corrected chi connectivity index (χ3v) is 5.02. The van der Waals surface area contributed by atoms with Gasteiger partial charge in [-0.25, -0.2) is 4.31 Å². The first kappa shape index (κ1) is 16.8. The predicted molar refractivity (Wildman–Crippen MR) is 78.2 cm³/mol. The van der Waals surface area contributed by atoms with Gasteiger partial charge >= 0.3 is 10.4 Å². The molecule has 1 saturated heterocycles. The highest BCUT2D eigenvalue weighted by Gasteiger charge is 2.69. The molecule has 0 spiro atoms. The molecule has 0 aliphatic carbocycles. The van der Waals surface area contributed by atoms with E-state index < -0.39 is 32.9 Å². The molecular formula is C12H15BrF5NOS. The Hall–Kier alpha value is -0.540. The van der Waals surface area contributed by atoms with Gasteiger partial charge in [-0.1, -0.05) is 35.4 Å². The normalized spacial score (nSPS) is 20.7. The molecule has 0 N–H and O–H groups in total. The molecule has 2 nitrogen and oxygen atoms in total. The van der Waals surface area contributed by atoms with E-state index in [2.05, 4.69) is 15.9 Å². The van der Waals surface area contributed by atoms with Crippen molar-refractivity contribution < 1.29 is 24.2 Å². The highest BCUT2D eigenvalue weighted by atomic mass is 79.9. The second kappa shape index (κ2) is 4.99. The Kier molecular flexibility index (Phi) is 4.00.